The van der Waals surface area contributed by atoms with Crippen LogP contribution in [0, 0.1) is 22.7 Å². The van der Waals surface area contributed by atoms with E-state index in [9.17, 15) is 36.3 Å². The van der Waals surface area contributed by atoms with Crippen LogP contribution in [-0.2, 0) is 50.3 Å². The van der Waals surface area contributed by atoms with Crippen LogP contribution in [0.1, 0.15) is 66.4 Å². The fourth-order valence-electron chi connectivity index (χ4n) is 9.12. The number of nitrogens with two attached hydrogens (primary N) is 1. The van der Waals surface area contributed by atoms with Gasteiger partial charge in [-0.2, -0.15) is 8.61 Å². The number of benzene rings is 3. The molecule has 5 atom stereocenters. The Morgan fingerprint density at radius 3 is 1.84 bits per heavy atom. The van der Waals surface area contributed by atoms with Crippen molar-refractivity contribution in [2.75, 3.05) is 86.2 Å². The summed E-state index contributed by atoms with van der Waals surface area (Å²) in [7, 11) is -6.19. The highest BCUT2D eigenvalue weighted by Gasteiger charge is 2.44. The van der Waals surface area contributed by atoms with Crippen LogP contribution in [0.4, 0.5) is 4.79 Å². The summed E-state index contributed by atoms with van der Waals surface area (Å²) < 4.78 is 96.1. The standard InChI is InChI=1S/C32H44N4O10S.C20H33N3O5S/c1-32(2,11-12-34-29(38)16-33)19-36(47(40,41)22-8-9-26-27(15-22)45-20-44-26)17-25(37)24(14-21-6-4-3-5-7-21)35-31(39)46-28-18-43-30-23(28)10-13-42-30;1-15(2)12-23(13-20(3,4)8-9-22-19(24)11-21-5)29(25,26)16-6-7-17-18(10-16)28-14-27-17/h3-9,15,23-25,28,30,37H,10-14,16-20,33H2,1-2H3,(H,34,38)(H,35,39);6-7,10,15,21H,8-9,11-14H2,1-5H3,(H,22,24)/t23-,24-,25+,28-,30+;/m0./s1. The molecule has 24 heteroatoms. The van der Waals surface area contributed by atoms with Gasteiger partial charge < -0.3 is 65.3 Å². The Hall–Kier alpha value is -5.31. The fourth-order valence-corrected chi connectivity index (χ4v) is 12.6. The van der Waals surface area contributed by atoms with Crippen LogP contribution in [-0.4, -0.2) is 159 Å². The van der Waals surface area contributed by atoms with Crippen molar-refractivity contribution < 1.29 is 69.5 Å². The van der Waals surface area contributed by atoms with Crippen molar-refractivity contribution in [2.24, 2.45) is 28.4 Å². The highest BCUT2D eigenvalue weighted by Crippen LogP contribution is 2.38. The van der Waals surface area contributed by atoms with E-state index in [2.05, 4.69) is 21.3 Å². The van der Waals surface area contributed by atoms with Crippen molar-refractivity contribution in [1.29, 1.82) is 0 Å². The average Bonchev–Trinajstić information content (AvgIpc) is 4.20. The third kappa shape index (κ3) is 16.8. The van der Waals surface area contributed by atoms with Crippen molar-refractivity contribution in [2.45, 2.75) is 102 Å². The van der Waals surface area contributed by atoms with Gasteiger partial charge in [0.25, 0.3) is 0 Å². The van der Waals surface area contributed by atoms with Crippen molar-refractivity contribution in [3.8, 4) is 23.0 Å². The van der Waals surface area contributed by atoms with Crippen molar-refractivity contribution in [3.63, 3.8) is 0 Å². The zero-order valence-electron chi connectivity index (χ0n) is 44.6. The van der Waals surface area contributed by atoms with Gasteiger partial charge in [0.05, 0.1) is 54.2 Å². The maximum Gasteiger partial charge on any atom is 0.407 e. The number of hydrogen-bond acceptors (Lipinski definition) is 17. The first kappa shape index (κ1) is 59.9. The molecule has 4 heterocycles. The molecule has 7 N–H and O–H groups in total. The molecule has 0 aliphatic carbocycles. The molecule has 0 unspecified atom stereocenters. The minimum Gasteiger partial charge on any atom is -0.454 e. The maximum absolute atomic E-state index is 14.2. The van der Waals surface area contributed by atoms with Gasteiger partial charge in [-0.1, -0.05) is 71.9 Å². The van der Waals surface area contributed by atoms with Crippen molar-refractivity contribution in [3.05, 3.63) is 72.3 Å². The largest absolute Gasteiger partial charge is 0.454 e. The molecule has 3 aromatic carbocycles. The number of carbonyl (C=O) groups excluding carboxylic acids is 3. The molecule has 0 saturated carbocycles. The van der Waals surface area contributed by atoms with E-state index in [0.717, 1.165) is 5.56 Å². The number of aliphatic hydroxyl groups excluding tert-OH is 1. The topological polar surface area (TPSA) is 285 Å². The second-order valence-electron chi connectivity index (χ2n) is 21.3. The number of carbonyl (C=O) groups is 3. The Kier molecular flexibility index (Phi) is 21.2. The smallest absolute Gasteiger partial charge is 0.407 e. The normalized spacial score (nSPS) is 18.7. The Morgan fingerprint density at radius 1 is 0.763 bits per heavy atom. The molecule has 0 aromatic heterocycles. The first-order valence-corrected chi connectivity index (χ1v) is 28.5. The molecule has 3 aromatic rings. The van der Waals surface area contributed by atoms with Crippen LogP contribution in [0.2, 0.25) is 0 Å². The first-order valence-electron chi connectivity index (χ1n) is 25.6. The lowest BCUT2D eigenvalue weighted by molar-refractivity contribution is -0.120. The van der Waals surface area contributed by atoms with E-state index in [1.54, 1.807) is 19.2 Å². The number of sulfonamides is 2. The number of nitrogens with zero attached hydrogens (tertiary/aromatic N) is 2. The minimum atomic E-state index is -4.20. The molecule has 2 fully saturated rings. The number of amides is 3. The first-order chi connectivity index (χ1) is 36.0. The van der Waals surface area contributed by atoms with Crippen LogP contribution in [0.5, 0.6) is 23.0 Å². The zero-order valence-corrected chi connectivity index (χ0v) is 46.2. The van der Waals surface area contributed by atoms with E-state index < -0.39 is 56.1 Å². The number of ether oxygens (including phenoxy) is 7. The van der Waals surface area contributed by atoms with Gasteiger partial charge in [0.2, 0.25) is 45.4 Å². The average molecular weight is 1100 g/mol. The van der Waals surface area contributed by atoms with Gasteiger partial charge in [-0.25, -0.2) is 21.6 Å². The molecular formula is C52H77N7O15S2. The number of likely N-dealkylation sites (N-methyl/N-ethyl adjacent to an activating group) is 1. The quantitative estimate of drug-likeness (QED) is 0.0673. The number of alkyl carbamates (subject to hydrolysis) is 1. The highest BCUT2D eigenvalue weighted by atomic mass is 32.2. The molecule has 22 nitrogen and oxygen atoms in total. The van der Waals surface area contributed by atoms with Crippen LogP contribution in [0.25, 0.3) is 0 Å². The molecule has 0 spiro atoms. The second-order valence-corrected chi connectivity index (χ2v) is 25.1. The molecular weight excluding hydrogens is 1030 g/mol. The van der Waals surface area contributed by atoms with Gasteiger partial charge in [0.1, 0.15) is 6.10 Å². The van der Waals surface area contributed by atoms with Crippen LogP contribution < -0.4 is 45.9 Å². The summed E-state index contributed by atoms with van der Waals surface area (Å²) in [6.45, 7) is 13.8. The molecule has 76 heavy (non-hydrogen) atoms. The monoisotopic (exact) mass is 1100 g/mol. The summed E-state index contributed by atoms with van der Waals surface area (Å²) in [5.74, 6) is 1.44. The summed E-state index contributed by atoms with van der Waals surface area (Å²) >= 11 is 0. The minimum absolute atomic E-state index is 0.00961. The summed E-state index contributed by atoms with van der Waals surface area (Å²) in [6.07, 6.45) is -0.991. The van der Waals surface area contributed by atoms with Crippen molar-refractivity contribution >= 4 is 38.0 Å². The number of nitrogens with one attached hydrogen (secondary N) is 4. The van der Waals surface area contributed by atoms with Gasteiger partial charge in [0.15, 0.2) is 29.3 Å². The van der Waals surface area contributed by atoms with E-state index in [4.69, 9.17) is 38.9 Å². The van der Waals surface area contributed by atoms with Gasteiger partial charge in [-0.3, -0.25) is 9.59 Å². The van der Waals surface area contributed by atoms with E-state index in [1.165, 1.54) is 32.9 Å². The van der Waals surface area contributed by atoms with Crippen LogP contribution in [0.3, 0.4) is 0 Å². The predicted molar refractivity (Wildman–Crippen MR) is 280 cm³/mol. The maximum atomic E-state index is 14.2. The molecule has 7 rings (SSSR count). The molecule has 3 amide bonds. The predicted octanol–water partition coefficient (Wildman–Crippen LogP) is 3.17. The number of aliphatic hydroxyl groups is 1. The van der Waals surface area contributed by atoms with Crippen molar-refractivity contribution in [1.82, 2.24) is 29.9 Å². The second kappa shape index (κ2) is 26.8. The Morgan fingerprint density at radius 2 is 1.30 bits per heavy atom. The summed E-state index contributed by atoms with van der Waals surface area (Å²) in [4.78, 5) is 36.7. The van der Waals surface area contributed by atoms with Gasteiger partial charge in [-0.15, -0.1) is 0 Å². The molecule has 4 aliphatic rings. The SMILES string of the molecule is CC(C)(CCNC(=O)CN)CN(C[C@@H](O)[C@H](Cc1ccccc1)NC(=O)O[C@H]1CO[C@H]2OCC[C@H]21)S(=O)(=O)c1ccc2c(c1)OCO2.CNCC(=O)NCCC(C)(C)CN(CC(C)C)S(=O)(=O)c1ccc2c(c1)OCO2. The number of hydrogen-bond donors (Lipinski definition) is 6. The Labute approximate surface area is 447 Å². The van der Waals surface area contributed by atoms with Gasteiger partial charge in [0, 0.05) is 51.4 Å². The van der Waals surface area contributed by atoms with E-state index in [1.807, 2.05) is 71.9 Å². The summed E-state index contributed by atoms with van der Waals surface area (Å²) in [6, 6.07) is 17.4. The van der Waals surface area contributed by atoms with Crippen LogP contribution >= 0.6 is 0 Å². The number of fused-ring (bicyclic) bond motifs is 3. The molecule has 0 bridgehead atoms. The summed E-state index contributed by atoms with van der Waals surface area (Å²) in [5.41, 5.74) is 5.27. The van der Waals surface area contributed by atoms with Gasteiger partial charge >= 0.3 is 6.09 Å². The molecule has 422 valence electrons. The van der Waals surface area contributed by atoms with E-state index in [0.29, 0.717) is 68.5 Å². The third-order valence-electron chi connectivity index (χ3n) is 13.2. The molecule has 0 radical (unpaired) electrons. The molecule has 4 aliphatic heterocycles. The lowest BCUT2D eigenvalue weighted by atomic mass is 9.89. The lowest BCUT2D eigenvalue weighted by Crippen LogP contribution is -2.52. The summed E-state index contributed by atoms with van der Waals surface area (Å²) in [5, 5.41) is 22.9. The van der Waals surface area contributed by atoms with E-state index in [-0.39, 0.29) is 98.2 Å². The van der Waals surface area contributed by atoms with E-state index >= 15 is 0 Å². The Balaban J connectivity index is 0.000000277. The molecule has 2 saturated heterocycles. The number of rotatable bonds is 26. The fraction of sp³-hybridized carbons (Fsp3) is 0.596. The zero-order chi connectivity index (χ0) is 55.3. The van der Waals surface area contributed by atoms with Crippen LogP contribution in [0.15, 0.2) is 76.5 Å². The Bertz CT molecular complexity index is 2640. The lowest BCUT2D eigenvalue weighted by Gasteiger charge is -2.35. The van der Waals surface area contributed by atoms with Gasteiger partial charge in [-0.05, 0) is 79.3 Å². The highest BCUT2D eigenvalue weighted by molar-refractivity contribution is 7.89. The third-order valence-corrected chi connectivity index (χ3v) is 16.8.